The Labute approximate surface area is 95.3 Å². The predicted octanol–water partition coefficient (Wildman–Crippen LogP) is 1.29. The molecule has 0 aliphatic heterocycles. The van der Waals surface area contributed by atoms with Crippen LogP contribution in [-0.2, 0) is 18.2 Å². The van der Waals surface area contributed by atoms with Gasteiger partial charge in [0.15, 0.2) is 0 Å². The third-order valence-electron chi connectivity index (χ3n) is 2.42. The molecule has 1 aromatic rings. The van der Waals surface area contributed by atoms with Crippen molar-refractivity contribution in [2.24, 2.45) is 12.8 Å². The summed E-state index contributed by atoms with van der Waals surface area (Å²) in [5.41, 5.74) is 7.91. The molecule has 0 fully saturated rings. The first-order valence-electron chi connectivity index (χ1n) is 4.98. The number of methoxy groups -OCH3 is 1. The van der Waals surface area contributed by atoms with Crippen LogP contribution in [0.15, 0.2) is 0 Å². The number of rotatable bonds is 5. The SMILES string of the molecule is COCC(N)CCc1c(C)nn(C)c1Cl. The molecule has 86 valence electrons. The first-order valence-corrected chi connectivity index (χ1v) is 5.36. The summed E-state index contributed by atoms with van der Waals surface area (Å²) >= 11 is 6.10. The van der Waals surface area contributed by atoms with Crippen LogP contribution in [0, 0.1) is 6.92 Å². The third-order valence-corrected chi connectivity index (χ3v) is 2.89. The first kappa shape index (κ1) is 12.5. The summed E-state index contributed by atoms with van der Waals surface area (Å²) in [6.07, 6.45) is 1.71. The number of hydrogen-bond donors (Lipinski definition) is 1. The molecule has 2 N–H and O–H groups in total. The lowest BCUT2D eigenvalue weighted by Gasteiger charge is -2.09. The lowest BCUT2D eigenvalue weighted by molar-refractivity contribution is 0.177. The van der Waals surface area contributed by atoms with Crippen molar-refractivity contribution in [3.8, 4) is 0 Å². The highest BCUT2D eigenvalue weighted by molar-refractivity contribution is 6.30. The van der Waals surface area contributed by atoms with Gasteiger partial charge in [-0.3, -0.25) is 4.68 Å². The van der Waals surface area contributed by atoms with Crippen molar-refractivity contribution in [2.45, 2.75) is 25.8 Å². The van der Waals surface area contributed by atoms with Crippen molar-refractivity contribution in [1.82, 2.24) is 9.78 Å². The number of aryl methyl sites for hydroxylation is 2. The van der Waals surface area contributed by atoms with Crippen LogP contribution in [-0.4, -0.2) is 29.5 Å². The fraction of sp³-hybridized carbons (Fsp3) is 0.700. The highest BCUT2D eigenvalue weighted by Crippen LogP contribution is 2.20. The number of nitrogens with two attached hydrogens (primary N) is 1. The molecule has 0 aromatic carbocycles. The molecular weight excluding hydrogens is 214 g/mol. The van der Waals surface area contributed by atoms with Gasteiger partial charge in [-0.05, 0) is 19.8 Å². The van der Waals surface area contributed by atoms with Crippen LogP contribution in [0.1, 0.15) is 17.7 Å². The lowest BCUT2D eigenvalue weighted by Crippen LogP contribution is -2.26. The fourth-order valence-corrected chi connectivity index (χ4v) is 1.85. The maximum atomic E-state index is 6.10. The van der Waals surface area contributed by atoms with Crippen molar-refractivity contribution in [2.75, 3.05) is 13.7 Å². The minimum atomic E-state index is 0.0608. The molecule has 1 heterocycles. The van der Waals surface area contributed by atoms with Gasteiger partial charge in [-0.15, -0.1) is 0 Å². The van der Waals surface area contributed by atoms with E-state index in [4.69, 9.17) is 22.1 Å². The average Bonchev–Trinajstić information content (AvgIpc) is 2.40. The lowest BCUT2D eigenvalue weighted by atomic mass is 10.1. The van der Waals surface area contributed by atoms with Crippen LogP contribution >= 0.6 is 11.6 Å². The highest BCUT2D eigenvalue weighted by Gasteiger charge is 2.12. The highest BCUT2D eigenvalue weighted by atomic mass is 35.5. The largest absolute Gasteiger partial charge is 0.383 e. The van der Waals surface area contributed by atoms with Gasteiger partial charge in [0, 0.05) is 25.8 Å². The van der Waals surface area contributed by atoms with Gasteiger partial charge in [0.05, 0.1) is 12.3 Å². The molecule has 0 radical (unpaired) electrons. The molecular formula is C10H18ClN3O. The number of hydrogen-bond acceptors (Lipinski definition) is 3. The van der Waals surface area contributed by atoms with Gasteiger partial charge < -0.3 is 10.5 Å². The fourth-order valence-electron chi connectivity index (χ4n) is 1.59. The van der Waals surface area contributed by atoms with Gasteiger partial charge >= 0.3 is 0 Å². The van der Waals surface area contributed by atoms with Crippen LogP contribution < -0.4 is 5.73 Å². The van der Waals surface area contributed by atoms with Crippen molar-refractivity contribution in [1.29, 1.82) is 0 Å². The van der Waals surface area contributed by atoms with Crippen LogP contribution in [0.5, 0.6) is 0 Å². The number of ether oxygens (including phenoxy) is 1. The summed E-state index contributed by atoms with van der Waals surface area (Å²) in [6, 6.07) is 0.0608. The molecule has 0 bridgehead atoms. The third kappa shape index (κ3) is 3.19. The van der Waals surface area contributed by atoms with Crippen LogP contribution in [0.25, 0.3) is 0 Å². The minimum absolute atomic E-state index is 0.0608. The van der Waals surface area contributed by atoms with Gasteiger partial charge in [0.1, 0.15) is 5.15 Å². The van der Waals surface area contributed by atoms with Gasteiger partial charge in [-0.1, -0.05) is 11.6 Å². The Kier molecular flexibility index (Phi) is 4.57. The van der Waals surface area contributed by atoms with Crippen molar-refractivity contribution >= 4 is 11.6 Å². The van der Waals surface area contributed by atoms with E-state index in [9.17, 15) is 0 Å². The molecule has 0 saturated heterocycles. The van der Waals surface area contributed by atoms with Crippen LogP contribution in [0.2, 0.25) is 5.15 Å². The molecule has 1 aromatic heterocycles. The Morgan fingerprint density at radius 1 is 1.60 bits per heavy atom. The van der Waals surface area contributed by atoms with E-state index < -0.39 is 0 Å². The Morgan fingerprint density at radius 2 is 2.27 bits per heavy atom. The summed E-state index contributed by atoms with van der Waals surface area (Å²) in [4.78, 5) is 0. The van der Waals surface area contributed by atoms with Gasteiger partial charge in [0.25, 0.3) is 0 Å². The summed E-state index contributed by atoms with van der Waals surface area (Å²) in [5, 5.41) is 4.95. The maximum Gasteiger partial charge on any atom is 0.130 e. The van der Waals surface area contributed by atoms with E-state index in [0.717, 1.165) is 24.1 Å². The molecule has 1 unspecified atom stereocenters. The zero-order valence-corrected chi connectivity index (χ0v) is 10.2. The molecule has 0 aliphatic carbocycles. The van der Waals surface area contributed by atoms with Crippen LogP contribution in [0.3, 0.4) is 0 Å². The Hall–Kier alpha value is -0.580. The summed E-state index contributed by atoms with van der Waals surface area (Å²) < 4.78 is 6.67. The second-order valence-electron chi connectivity index (χ2n) is 3.73. The molecule has 0 amide bonds. The molecule has 15 heavy (non-hydrogen) atoms. The summed E-state index contributed by atoms with van der Waals surface area (Å²) in [7, 11) is 3.50. The Bertz CT molecular complexity index is 325. The summed E-state index contributed by atoms with van der Waals surface area (Å²) in [6.45, 7) is 2.54. The second-order valence-corrected chi connectivity index (χ2v) is 4.09. The zero-order chi connectivity index (χ0) is 11.4. The molecule has 5 heteroatoms. The molecule has 0 saturated carbocycles. The van der Waals surface area contributed by atoms with Gasteiger partial charge in [-0.25, -0.2) is 0 Å². The monoisotopic (exact) mass is 231 g/mol. The molecule has 1 rings (SSSR count). The molecule has 0 spiro atoms. The van der Waals surface area contributed by atoms with E-state index in [1.807, 2.05) is 14.0 Å². The number of nitrogens with zero attached hydrogens (tertiary/aromatic N) is 2. The number of aromatic nitrogens is 2. The van der Waals surface area contributed by atoms with E-state index in [2.05, 4.69) is 5.10 Å². The zero-order valence-electron chi connectivity index (χ0n) is 9.46. The van der Waals surface area contributed by atoms with Crippen LogP contribution in [0.4, 0.5) is 0 Å². The summed E-state index contributed by atoms with van der Waals surface area (Å²) in [5.74, 6) is 0. The second kappa shape index (κ2) is 5.49. The molecule has 4 nitrogen and oxygen atoms in total. The van der Waals surface area contributed by atoms with E-state index in [0.29, 0.717) is 11.8 Å². The average molecular weight is 232 g/mol. The van der Waals surface area contributed by atoms with E-state index in [1.54, 1.807) is 11.8 Å². The minimum Gasteiger partial charge on any atom is -0.383 e. The smallest absolute Gasteiger partial charge is 0.130 e. The van der Waals surface area contributed by atoms with E-state index >= 15 is 0 Å². The first-order chi connectivity index (χ1) is 7.06. The van der Waals surface area contributed by atoms with E-state index in [-0.39, 0.29) is 6.04 Å². The van der Waals surface area contributed by atoms with Crippen molar-refractivity contribution < 1.29 is 4.74 Å². The van der Waals surface area contributed by atoms with Gasteiger partial charge in [0.2, 0.25) is 0 Å². The van der Waals surface area contributed by atoms with Crippen molar-refractivity contribution in [3.05, 3.63) is 16.4 Å². The quantitative estimate of drug-likeness (QED) is 0.831. The molecule has 0 aliphatic rings. The Morgan fingerprint density at radius 3 is 2.73 bits per heavy atom. The predicted molar refractivity (Wildman–Crippen MR) is 61.1 cm³/mol. The Balaban J connectivity index is 2.57. The van der Waals surface area contributed by atoms with Crippen molar-refractivity contribution in [3.63, 3.8) is 0 Å². The van der Waals surface area contributed by atoms with E-state index in [1.165, 1.54) is 0 Å². The van der Waals surface area contributed by atoms with Gasteiger partial charge in [-0.2, -0.15) is 5.10 Å². The normalized spacial score (nSPS) is 13.1. The number of halogens is 1. The molecule has 1 atom stereocenters. The maximum absolute atomic E-state index is 6.10. The standard InChI is InChI=1S/C10H18ClN3O/c1-7-9(10(11)14(2)13-7)5-4-8(12)6-15-3/h8H,4-6,12H2,1-3H3. The topological polar surface area (TPSA) is 53.1 Å².